The van der Waals surface area contributed by atoms with Crippen molar-refractivity contribution >= 4 is 17.7 Å². The first-order valence-corrected chi connectivity index (χ1v) is 7.46. The highest BCUT2D eigenvalue weighted by molar-refractivity contribution is 7.99. The van der Waals surface area contributed by atoms with Crippen LogP contribution in [-0.4, -0.2) is 42.1 Å². The van der Waals surface area contributed by atoms with E-state index in [4.69, 9.17) is 9.15 Å². The van der Waals surface area contributed by atoms with Gasteiger partial charge in [0.2, 0.25) is 11.8 Å². The van der Waals surface area contributed by atoms with Gasteiger partial charge in [0.15, 0.2) is 0 Å². The first kappa shape index (κ1) is 15.5. The van der Waals surface area contributed by atoms with Crippen LogP contribution in [0, 0.1) is 6.92 Å². The fraction of sp³-hybridized carbons (Fsp3) is 0.357. The molecule has 6 nitrogen and oxygen atoms in total. The Morgan fingerprint density at radius 3 is 2.81 bits per heavy atom. The fourth-order valence-electron chi connectivity index (χ4n) is 1.55. The fourth-order valence-corrected chi connectivity index (χ4v) is 2.14. The zero-order chi connectivity index (χ0) is 15.1. The minimum absolute atomic E-state index is 0.0906. The summed E-state index contributed by atoms with van der Waals surface area (Å²) >= 11 is 1.21. The number of carbonyl (C=O) groups excluding carboxylic acids is 1. The van der Waals surface area contributed by atoms with Crippen molar-refractivity contribution in [3.63, 3.8) is 0 Å². The maximum atomic E-state index is 11.5. The number of methoxy groups -OCH3 is 1. The van der Waals surface area contributed by atoms with E-state index in [9.17, 15) is 4.79 Å². The molecule has 0 spiro atoms. The van der Waals surface area contributed by atoms with Crippen LogP contribution in [0.15, 0.2) is 33.9 Å². The molecule has 0 aliphatic rings. The maximum absolute atomic E-state index is 11.5. The number of hydrogen-bond acceptors (Lipinski definition) is 6. The van der Waals surface area contributed by atoms with E-state index >= 15 is 0 Å². The van der Waals surface area contributed by atoms with Crippen LogP contribution >= 0.6 is 11.8 Å². The number of amides is 1. The molecule has 0 fully saturated rings. The summed E-state index contributed by atoms with van der Waals surface area (Å²) in [5, 5.41) is 11.0. The molecule has 112 valence electrons. The molecule has 1 heterocycles. The number of hydrogen-bond donors (Lipinski definition) is 1. The zero-order valence-electron chi connectivity index (χ0n) is 12.0. The number of carbonyl (C=O) groups is 1. The number of nitrogens with zero attached hydrogens (tertiary/aromatic N) is 2. The van der Waals surface area contributed by atoms with Crippen LogP contribution in [0.2, 0.25) is 0 Å². The third-order valence-electron chi connectivity index (χ3n) is 2.66. The van der Waals surface area contributed by atoms with Crippen molar-refractivity contribution in [1.82, 2.24) is 15.5 Å². The highest BCUT2D eigenvalue weighted by Crippen LogP contribution is 2.23. The summed E-state index contributed by atoms with van der Waals surface area (Å²) in [6, 6.07) is 7.81. The molecule has 0 saturated heterocycles. The van der Waals surface area contributed by atoms with Crippen LogP contribution in [0.25, 0.3) is 11.5 Å². The van der Waals surface area contributed by atoms with Gasteiger partial charge in [-0.3, -0.25) is 4.79 Å². The molecule has 1 aromatic carbocycles. The summed E-state index contributed by atoms with van der Waals surface area (Å²) in [5.41, 5.74) is 2.03. The first-order chi connectivity index (χ1) is 10.2. The number of benzene rings is 1. The number of ether oxygens (including phenoxy) is 1. The van der Waals surface area contributed by atoms with Crippen LogP contribution in [0.5, 0.6) is 0 Å². The maximum Gasteiger partial charge on any atom is 0.277 e. The van der Waals surface area contributed by atoms with Crippen molar-refractivity contribution in [3.8, 4) is 11.5 Å². The van der Waals surface area contributed by atoms with Gasteiger partial charge in [-0.25, -0.2) is 0 Å². The molecule has 0 atom stereocenters. The van der Waals surface area contributed by atoms with Crippen LogP contribution in [0.4, 0.5) is 0 Å². The summed E-state index contributed by atoms with van der Waals surface area (Å²) in [7, 11) is 1.59. The largest absolute Gasteiger partial charge is 0.411 e. The number of aryl methyl sites for hydroxylation is 1. The number of rotatable bonds is 7. The minimum atomic E-state index is -0.0906. The minimum Gasteiger partial charge on any atom is -0.411 e. The van der Waals surface area contributed by atoms with Gasteiger partial charge in [0.25, 0.3) is 5.22 Å². The smallest absolute Gasteiger partial charge is 0.277 e. The third kappa shape index (κ3) is 4.87. The van der Waals surface area contributed by atoms with Gasteiger partial charge in [-0.2, -0.15) is 0 Å². The van der Waals surface area contributed by atoms with Gasteiger partial charge in [0.1, 0.15) is 0 Å². The molecule has 0 aliphatic carbocycles. The van der Waals surface area contributed by atoms with Crippen LogP contribution in [0.1, 0.15) is 5.56 Å². The second-order valence-corrected chi connectivity index (χ2v) is 5.30. The van der Waals surface area contributed by atoms with E-state index in [2.05, 4.69) is 15.5 Å². The van der Waals surface area contributed by atoms with Crippen molar-refractivity contribution < 1.29 is 13.9 Å². The highest BCUT2D eigenvalue weighted by atomic mass is 32.2. The first-order valence-electron chi connectivity index (χ1n) is 6.48. The normalized spacial score (nSPS) is 10.6. The van der Waals surface area contributed by atoms with Crippen molar-refractivity contribution in [2.45, 2.75) is 12.1 Å². The van der Waals surface area contributed by atoms with Crippen molar-refractivity contribution in [3.05, 3.63) is 29.8 Å². The molecule has 1 N–H and O–H groups in total. The molecule has 2 rings (SSSR count). The number of nitrogens with one attached hydrogen (secondary N) is 1. The van der Waals surface area contributed by atoms with E-state index in [1.165, 1.54) is 17.3 Å². The zero-order valence-corrected chi connectivity index (χ0v) is 12.8. The van der Waals surface area contributed by atoms with Gasteiger partial charge in [0, 0.05) is 19.2 Å². The Balaban J connectivity index is 1.86. The van der Waals surface area contributed by atoms with Crippen LogP contribution in [0.3, 0.4) is 0 Å². The van der Waals surface area contributed by atoms with Gasteiger partial charge >= 0.3 is 0 Å². The molecular weight excluding hydrogens is 290 g/mol. The Bertz CT molecular complexity index is 583. The Hall–Kier alpha value is -1.86. The predicted molar refractivity (Wildman–Crippen MR) is 80.1 cm³/mol. The van der Waals surface area contributed by atoms with Crippen molar-refractivity contribution in [2.24, 2.45) is 0 Å². The van der Waals surface area contributed by atoms with Gasteiger partial charge in [0.05, 0.1) is 12.4 Å². The second kappa shape index (κ2) is 7.80. The standard InChI is InChI=1S/C14H17N3O3S/c1-10-3-5-11(6-4-10)13-16-17-14(20-13)21-9-12(18)15-7-8-19-2/h3-6H,7-9H2,1-2H3,(H,15,18). The molecule has 0 aliphatic heterocycles. The quantitative estimate of drug-likeness (QED) is 0.622. The monoisotopic (exact) mass is 307 g/mol. The lowest BCUT2D eigenvalue weighted by Crippen LogP contribution is -2.28. The lowest BCUT2D eigenvalue weighted by Gasteiger charge is -2.02. The molecule has 21 heavy (non-hydrogen) atoms. The van der Waals surface area contributed by atoms with E-state index in [-0.39, 0.29) is 11.7 Å². The summed E-state index contributed by atoms with van der Waals surface area (Å²) < 4.78 is 10.4. The molecule has 0 saturated carbocycles. The lowest BCUT2D eigenvalue weighted by atomic mass is 10.1. The summed E-state index contributed by atoms with van der Waals surface area (Å²) in [6.45, 7) is 3.00. The van der Waals surface area contributed by atoms with E-state index in [1.54, 1.807) is 7.11 Å². The molecule has 2 aromatic rings. The van der Waals surface area contributed by atoms with Gasteiger partial charge in [-0.05, 0) is 19.1 Å². The average molecular weight is 307 g/mol. The van der Waals surface area contributed by atoms with Crippen LogP contribution in [-0.2, 0) is 9.53 Å². The predicted octanol–water partition coefficient (Wildman–Crippen LogP) is 1.90. The second-order valence-electron chi connectivity index (χ2n) is 4.37. The van der Waals surface area contributed by atoms with E-state index in [0.717, 1.165) is 5.56 Å². The van der Waals surface area contributed by atoms with Gasteiger partial charge in [-0.1, -0.05) is 29.5 Å². The van der Waals surface area contributed by atoms with Crippen molar-refractivity contribution in [1.29, 1.82) is 0 Å². The van der Waals surface area contributed by atoms with Gasteiger partial charge in [-0.15, -0.1) is 10.2 Å². The molecule has 7 heteroatoms. The summed E-state index contributed by atoms with van der Waals surface area (Å²) in [6.07, 6.45) is 0. The SMILES string of the molecule is COCCNC(=O)CSc1nnc(-c2ccc(C)cc2)o1. The topological polar surface area (TPSA) is 77.2 Å². The molecule has 0 bridgehead atoms. The molecule has 1 aromatic heterocycles. The molecule has 0 radical (unpaired) electrons. The average Bonchev–Trinajstić information content (AvgIpc) is 2.95. The number of aromatic nitrogens is 2. The van der Waals surface area contributed by atoms with E-state index in [1.807, 2.05) is 31.2 Å². The highest BCUT2D eigenvalue weighted by Gasteiger charge is 2.10. The Labute approximate surface area is 127 Å². The Morgan fingerprint density at radius 2 is 2.10 bits per heavy atom. The van der Waals surface area contributed by atoms with E-state index in [0.29, 0.717) is 24.3 Å². The molecule has 0 unspecified atom stereocenters. The lowest BCUT2D eigenvalue weighted by molar-refractivity contribution is -0.118. The van der Waals surface area contributed by atoms with Crippen molar-refractivity contribution in [2.75, 3.05) is 26.0 Å². The van der Waals surface area contributed by atoms with E-state index < -0.39 is 0 Å². The van der Waals surface area contributed by atoms with Crippen LogP contribution < -0.4 is 5.32 Å². The third-order valence-corrected chi connectivity index (χ3v) is 3.48. The number of thioether (sulfide) groups is 1. The molecular formula is C14H17N3O3S. The Morgan fingerprint density at radius 1 is 1.33 bits per heavy atom. The summed E-state index contributed by atoms with van der Waals surface area (Å²) in [5.74, 6) is 0.601. The van der Waals surface area contributed by atoms with Gasteiger partial charge < -0.3 is 14.5 Å². The summed E-state index contributed by atoms with van der Waals surface area (Å²) in [4.78, 5) is 11.5. The molecule has 1 amide bonds. The Kier molecular flexibility index (Phi) is 5.77.